The summed E-state index contributed by atoms with van der Waals surface area (Å²) in [5.41, 5.74) is 7.90. The van der Waals surface area contributed by atoms with E-state index in [2.05, 4.69) is 15.6 Å². The summed E-state index contributed by atoms with van der Waals surface area (Å²) in [5, 5.41) is 6.57. The SMILES string of the molecule is Nc1ccc(NC(=O)NC2CC2)c2cccnc12. The third-order valence-electron chi connectivity index (χ3n) is 2.96. The lowest BCUT2D eigenvalue weighted by atomic mass is 10.1. The fourth-order valence-corrected chi connectivity index (χ4v) is 1.87. The summed E-state index contributed by atoms with van der Waals surface area (Å²) in [4.78, 5) is 15.9. The van der Waals surface area contributed by atoms with Gasteiger partial charge in [0.1, 0.15) is 0 Å². The zero-order chi connectivity index (χ0) is 12.5. The van der Waals surface area contributed by atoms with Crippen molar-refractivity contribution in [1.82, 2.24) is 10.3 Å². The van der Waals surface area contributed by atoms with Gasteiger partial charge in [-0.3, -0.25) is 4.98 Å². The number of nitrogens with zero attached hydrogens (tertiary/aromatic N) is 1. The average molecular weight is 242 g/mol. The molecule has 1 heterocycles. The summed E-state index contributed by atoms with van der Waals surface area (Å²) in [6, 6.07) is 7.43. The third kappa shape index (κ3) is 2.07. The zero-order valence-electron chi connectivity index (χ0n) is 9.81. The van der Waals surface area contributed by atoms with Gasteiger partial charge in [0.05, 0.1) is 16.9 Å². The Morgan fingerprint density at radius 1 is 1.33 bits per heavy atom. The van der Waals surface area contributed by atoms with Crippen molar-refractivity contribution in [2.24, 2.45) is 0 Å². The van der Waals surface area contributed by atoms with E-state index in [1.54, 1.807) is 18.3 Å². The maximum absolute atomic E-state index is 11.7. The number of pyridine rings is 1. The quantitative estimate of drug-likeness (QED) is 0.705. The minimum Gasteiger partial charge on any atom is -0.397 e. The average Bonchev–Trinajstić information content (AvgIpc) is 3.17. The molecule has 5 heteroatoms. The van der Waals surface area contributed by atoms with Crippen LogP contribution in [0.2, 0.25) is 0 Å². The van der Waals surface area contributed by atoms with Crippen molar-refractivity contribution < 1.29 is 4.79 Å². The highest BCUT2D eigenvalue weighted by Gasteiger charge is 2.23. The number of benzene rings is 1. The molecule has 92 valence electrons. The number of amides is 2. The van der Waals surface area contributed by atoms with Gasteiger partial charge in [-0.05, 0) is 37.1 Å². The van der Waals surface area contributed by atoms with Crippen molar-refractivity contribution in [3.63, 3.8) is 0 Å². The molecule has 0 atom stereocenters. The van der Waals surface area contributed by atoms with Crippen LogP contribution >= 0.6 is 0 Å². The molecule has 1 aromatic heterocycles. The molecule has 0 spiro atoms. The third-order valence-corrected chi connectivity index (χ3v) is 2.96. The van der Waals surface area contributed by atoms with Gasteiger partial charge in [-0.25, -0.2) is 4.79 Å². The van der Waals surface area contributed by atoms with Gasteiger partial charge < -0.3 is 16.4 Å². The molecule has 18 heavy (non-hydrogen) atoms. The number of fused-ring (bicyclic) bond motifs is 1. The van der Waals surface area contributed by atoms with E-state index in [1.165, 1.54) is 0 Å². The monoisotopic (exact) mass is 242 g/mol. The van der Waals surface area contributed by atoms with Gasteiger partial charge in [0.25, 0.3) is 0 Å². The van der Waals surface area contributed by atoms with E-state index in [0.717, 1.165) is 23.9 Å². The van der Waals surface area contributed by atoms with Crippen molar-refractivity contribution in [1.29, 1.82) is 0 Å². The second-order valence-electron chi connectivity index (χ2n) is 4.47. The summed E-state index contributed by atoms with van der Waals surface area (Å²) in [6.45, 7) is 0. The molecule has 1 saturated carbocycles. The Morgan fingerprint density at radius 2 is 2.17 bits per heavy atom. The molecule has 0 saturated heterocycles. The Kier molecular flexibility index (Phi) is 2.51. The van der Waals surface area contributed by atoms with Gasteiger partial charge in [0.2, 0.25) is 0 Å². The largest absolute Gasteiger partial charge is 0.397 e. The van der Waals surface area contributed by atoms with Crippen molar-refractivity contribution in [2.75, 3.05) is 11.1 Å². The highest BCUT2D eigenvalue weighted by atomic mass is 16.2. The van der Waals surface area contributed by atoms with Gasteiger partial charge >= 0.3 is 6.03 Å². The summed E-state index contributed by atoms with van der Waals surface area (Å²) in [6.07, 6.45) is 3.82. The van der Waals surface area contributed by atoms with E-state index in [0.29, 0.717) is 17.2 Å². The summed E-state index contributed by atoms with van der Waals surface area (Å²) < 4.78 is 0. The Morgan fingerprint density at radius 3 is 2.94 bits per heavy atom. The molecule has 0 bridgehead atoms. The van der Waals surface area contributed by atoms with E-state index in [4.69, 9.17) is 5.73 Å². The number of urea groups is 1. The second kappa shape index (κ2) is 4.18. The normalized spacial score (nSPS) is 14.4. The van der Waals surface area contributed by atoms with Crippen LogP contribution in [0.25, 0.3) is 10.9 Å². The lowest BCUT2D eigenvalue weighted by Crippen LogP contribution is -2.30. The number of anilines is 2. The predicted octanol–water partition coefficient (Wildman–Crippen LogP) is 2.10. The second-order valence-corrected chi connectivity index (χ2v) is 4.47. The van der Waals surface area contributed by atoms with E-state index < -0.39 is 0 Å². The molecule has 1 aliphatic rings. The van der Waals surface area contributed by atoms with Crippen molar-refractivity contribution in [3.05, 3.63) is 30.5 Å². The summed E-state index contributed by atoms with van der Waals surface area (Å²) in [5.74, 6) is 0. The molecule has 0 aliphatic heterocycles. The van der Waals surface area contributed by atoms with Gasteiger partial charge in [-0.1, -0.05) is 0 Å². The first kappa shape index (κ1) is 10.8. The van der Waals surface area contributed by atoms with Crippen LogP contribution in [-0.4, -0.2) is 17.1 Å². The molecule has 1 fully saturated rings. The molecule has 2 aromatic rings. The molecule has 5 nitrogen and oxygen atoms in total. The van der Waals surface area contributed by atoms with Crippen LogP contribution in [0.1, 0.15) is 12.8 Å². The molecular formula is C13H14N4O. The summed E-state index contributed by atoms with van der Waals surface area (Å²) in [7, 11) is 0. The maximum atomic E-state index is 11.7. The maximum Gasteiger partial charge on any atom is 0.319 e. The van der Waals surface area contributed by atoms with Crippen LogP contribution < -0.4 is 16.4 Å². The lowest BCUT2D eigenvalue weighted by molar-refractivity contribution is 0.252. The Bertz CT molecular complexity index is 607. The number of nitrogens with two attached hydrogens (primary N) is 1. The van der Waals surface area contributed by atoms with Crippen LogP contribution in [0.5, 0.6) is 0 Å². The van der Waals surface area contributed by atoms with E-state index >= 15 is 0 Å². The molecule has 1 aliphatic carbocycles. The number of aromatic nitrogens is 1. The molecular weight excluding hydrogens is 228 g/mol. The molecule has 0 unspecified atom stereocenters. The predicted molar refractivity (Wildman–Crippen MR) is 71.3 cm³/mol. The number of carbonyl (C=O) groups excluding carboxylic acids is 1. The number of carbonyl (C=O) groups is 1. The van der Waals surface area contributed by atoms with Crippen molar-refractivity contribution >= 4 is 28.3 Å². The minimum absolute atomic E-state index is 0.174. The van der Waals surface area contributed by atoms with Crippen LogP contribution in [0.3, 0.4) is 0 Å². The molecule has 2 amide bonds. The molecule has 0 radical (unpaired) electrons. The number of hydrogen-bond donors (Lipinski definition) is 3. The topological polar surface area (TPSA) is 80.0 Å². The first-order valence-corrected chi connectivity index (χ1v) is 5.95. The van der Waals surface area contributed by atoms with Crippen LogP contribution in [0.15, 0.2) is 30.5 Å². The van der Waals surface area contributed by atoms with Crippen molar-refractivity contribution in [2.45, 2.75) is 18.9 Å². The molecule has 1 aromatic carbocycles. The van der Waals surface area contributed by atoms with Crippen molar-refractivity contribution in [3.8, 4) is 0 Å². The smallest absolute Gasteiger partial charge is 0.319 e. The van der Waals surface area contributed by atoms with Gasteiger partial charge in [-0.15, -0.1) is 0 Å². The minimum atomic E-state index is -0.174. The standard InChI is InChI=1S/C13H14N4O/c14-10-5-6-11(9-2-1-7-15-12(9)10)17-13(18)16-8-3-4-8/h1-2,5-8H,3-4,14H2,(H2,16,17,18). The van der Waals surface area contributed by atoms with Gasteiger partial charge in [0, 0.05) is 17.6 Å². The van der Waals surface area contributed by atoms with Gasteiger partial charge in [-0.2, -0.15) is 0 Å². The highest BCUT2D eigenvalue weighted by molar-refractivity contribution is 6.04. The van der Waals surface area contributed by atoms with E-state index in [1.807, 2.05) is 12.1 Å². The Labute approximate surface area is 104 Å². The fraction of sp³-hybridized carbons (Fsp3) is 0.231. The van der Waals surface area contributed by atoms with Crippen LogP contribution in [0, 0.1) is 0 Å². The van der Waals surface area contributed by atoms with E-state index in [-0.39, 0.29) is 6.03 Å². The number of nitrogens with one attached hydrogen (secondary N) is 2. The molecule has 4 N–H and O–H groups in total. The van der Waals surface area contributed by atoms with Gasteiger partial charge in [0.15, 0.2) is 0 Å². The zero-order valence-corrected chi connectivity index (χ0v) is 9.81. The number of nitrogen functional groups attached to an aromatic ring is 1. The Hall–Kier alpha value is -2.30. The fourth-order valence-electron chi connectivity index (χ4n) is 1.87. The van der Waals surface area contributed by atoms with Crippen LogP contribution in [0.4, 0.5) is 16.2 Å². The number of rotatable bonds is 2. The summed E-state index contributed by atoms with van der Waals surface area (Å²) >= 11 is 0. The van der Waals surface area contributed by atoms with E-state index in [9.17, 15) is 4.79 Å². The van der Waals surface area contributed by atoms with Crippen LogP contribution in [-0.2, 0) is 0 Å². The first-order valence-electron chi connectivity index (χ1n) is 5.95. The highest BCUT2D eigenvalue weighted by Crippen LogP contribution is 2.26. The first-order chi connectivity index (χ1) is 8.74. The lowest BCUT2D eigenvalue weighted by Gasteiger charge is -2.10. The Balaban J connectivity index is 1.91. The molecule has 3 rings (SSSR count). The number of hydrogen-bond acceptors (Lipinski definition) is 3.